The van der Waals surface area contributed by atoms with Crippen molar-refractivity contribution in [3.8, 4) is 0 Å². The van der Waals surface area contributed by atoms with Gasteiger partial charge >= 0.3 is 5.97 Å². The van der Waals surface area contributed by atoms with Crippen molar-refractivity contribution in [2.24, 2.45) is 0 Å². The van der Waals surface area contributed by atoms with Gasteiger partial charge in [-0.3, -0.25) is 0 Å². The van der Waals surface area contributed by atoms with Crippen molar-refractivity contribution in [1.82, 2.24) is 15.0 Å². The molecule has 0 amide bonds. The Balaban J connectivity index is 2.44. The zero-order valence-electron chi connectivity index (χ0n) is 7.40. The zero-order valence-corrected chi connectivity index (χ0v) is 7.40. The first-order valence-electron chi connectivity index (χ1n) is 4.40. The van der Waals surface area contributed by atoms with Crippen LogP contribution in [0.25, 0.3) is 0 Å². The summed E-state index contributed by atoms with van der Waals surface area (Å²) in [6.45, 7) is 2.42. The van der Waals surface area contributed by atoms with Gasteiger partial charge in [-0.2, -0.15) is 0 Å². The summed E-state index contributed by atoms with van der Waals surface area (Å²) in [5, 5.41) is 16.6. The van der Waals surface area contributed by atoms with Gasteiger partial charge in [0.1, 0.15) is 5.69 Å². The van der Waals surface area contributed by atoms with Gasteiger partial charge in [-0.1, -0.05) is 5.21 Å². The number of carboxylic acid groups (broad SMARTS) is 1. The summed E-state index contributed by atoms with van der Waals surface area (Å²) in [6, 6.07) is 0. The van der Waals surface area contributed by atoms with Crippen LogP contribution in [-0.4, -0.2) is 26.1 Å². The van der Waals surface area contributed by atoms with Crippen molar-refractivity contribution in [2.45, 2.75) is 32.2 Å². The van der Waals surface area contributed by atoms with E-state index in [9.17, 15) is 4.79 Å². The molecule has 1 aromatic heterocycles. The molecule has 0 spiro atoms. The van der Waals surface area contributed by atoms with Gasteiger partial charge < -0.3 is 5.11 Å². The van der Waals surface area contributed by atoms with Crippen LogP contribution in [0.4, 0.5) is 0 Å². The van der Waals surface area contributed by atoms with E-state index < -0.39 is 5.97 Å². The minimum Gasteiger partial charge on any atom is -0.476 e. The molecule has 1 N–H and O–H groups in total. The molecular formula is C8H11N3O2. The lowest BCUT2D eigenvalue weighted by Gasteiger charge is -1.98. The van der Waals surface area contributed by atoms with Crippen LogP contribution in [0.3, 0.4) is 0 Å². The molecule has 1 fully saturated rings. The standard InChI is InChI=1S/C8H11N3O2/c1-2-11-7(8(12)13)6(9-10-11)5-3-4-5/h5H,2-4H2,1H3,(H,12,13). The second-order valence-corrected chi connectivity index (χ2v) is 3.22. The lowest BCUT2D eigenvalue weighted by molar-refractivity contribution is 0.0682. The first kappa shape index (κ1) is 8.22. The summed E-state index contributed by atoms with van der Waals surface area (Å²) in [4.78, 5) is 10.9. The van der Waals surface area contributed by atoms with E-state index in [4.69, 9.17) is 5.11 Å². The van der Waals surface area contributed by atoms with Crippen LogP contribution < -0.4 is 0 Å². The minimum atomic E-state index is -0.922. The van der Waals surface area contributed by atoms with E-state index in [1.165, 1.54) is 4.68 Å². The maximum atomic E-state index is 10.9. The van der Waals surface area contributed by atoms with E-state index in [2.05, 4.69) is 10.3 Å². The van der Waals surface area contributed by atoms with Gasteiger partial charge in [0.05, 0.1) is 0 Å². The number of hydrogen-bond acceptors (Lipinski definition) is 3. The monoisotopic (exact) mass is 181 g/mol. The molecule has 0 unspecified atom stereocenters. The zero-order chi connectivity index (χ0) is 9.42. The Bertz CT molecular complexity index is 341. The van der Waals surface area contributed by atoms with Crippen molar-refractivity contribution < 1.29 is 9.90 Å². The molecule has 1 aromatic rings. The largest absolute Gasteiger partial charge is 0.476 e. The van der Waals surface area contributed by atoms with Gasteiger partial charge in [0.2, 0.25) is 0 Å². The van der Waals surface area contributed by atoms with Crippen LogP contribution in [-0.2, 0) is 6.54 Å². The van der Waals surface area contributed by atoms with Gasteiger partial charge in [0, 0.05) is 12.5 Å². The fourth-order valence-corrected chi connectivity index (χ4v) is 1.40. The van der Waals surface area contributed by atoms with E-state index in [1.54, 1.807) is 0 Å². The number of aryl methyl sites for hydroxylation is 1. The molecule has 0 bridgehead atoms. The molecule has 0 radical (unpaired) electrons. The predicted molar refractivity (Wildman–Crippen MR) is 44.6 cm³/mol. The molecule has 1 saturated carbocycles. The highest BCUT2D eigenvalue weighted by Gasteiger charge is 2.32. The van der Waals surface area contributed by atoms with E-state index in [1.807, 2.05) is 6.92 Å². The molecule has 1 aliphatic carbocycles. The average molecular weight is 181 g/mol. The number of aromatic carboxylic acids is 1. The van der Waals surface area contributed by atoms with Crippen LogP contribution in [0, 0.1) is 0 Å². The molecule has 5 heteroatoms. The minimum absolute atomic E-state index is 0.269. The summed E-state index contributed by atoms with van der Waals surface area (Å²) in [5.41, 5.74) is 0.930. The van der Waals surface area contributed by atoms with Crippen LogP contribution in [0.5, 0.6) is 0 Å². The molecule has 13 heavy (non-hydrogen) atoms. The summed E-state index contributed by atoms with van der Waals surface area (Å²) in [7, 11) is 0. The first-order chi connectivity index (χ1) is 6.24. The van der Waals surface area contributed by atoms with Crippen molar-refractivity contribution in [3.63, 3.8) is 0 Å². The van der Waals surface area contributed by atoms with E-state index in [-0.39, 0.29) is 5.69 Å². The van der Waals surface area contributed by atoms with Crippen molar-refractivity contribution in [3.05, 3.63) is 11.4 Å². The molecule has 0 atom stereocenters. The van der Waals surface area contributed by atoms with Crippen LogP contribution in [0.1, 0.15) is 41.9 Å². The maximum absolute atomic E-state index is 10.9. The Hall–Kier alpha value is -1.39. The second kappa shape index (κ2) is 2.83. The third kappa shape index (κ3) is 1.30. The molecular weight excluding hydrogens is 170 g/mol. The molecule has 1 aliphatic rings. The smallest absolute Gasteiger partial charge is 0.356 e. The van der Waals surface area contributed by atoms with Gasteiger partial charge in [-0.25, -0.2) is 9.48 Å². The molecule has 0 saturated heterocycles. The molecule has 70 valence electrons. The number of rotatable bonds is 3. The third-order valence-corrected chi connectivity index (χ3v) is 2.23. The molecule has 1 heterocycles. The quantitative estimate of drug-likeness (QED) is 0.751. The maximum Gasteiger partial charge on any atom is 0.356 e. The normalized spacial score (nSPS) is 16.1. The fourth-order valence-electron chi connectivity index (χ4n) is 1.40. The number of carboxylic acids is 1. The van der Waals surface area contributed by atoms with Crippen LogP contribution in [0.2, 0.25) is 0 Å². The lowest BCUT2D eigenvalue weighted by Crippen LogP contribution is -2.10. The molecule has 0 aliphatic heterocycles. The average Bonchev–Trinajstić information content (AvgIpc) is 2.84. The second-order valence-electron chi connectivity index (χ2n) is 3.22. The van der Waals surface area contributed by atoms with Crippen molar-refractivity contribution in [2.75, 3.05) is 0 Å². The van der Waals surface area contributed by atoms with E-state index in [0.717, 1.165) is 12.8 Å². The number of nitrogens with zero attached hydrogens (tertiary/aromatic N) is 3. The highest BCUT2D eigenvalue weighted by molar-refractivity contribution is 5.87. The van der Waals surface area contributed by atoms with Crippen molar-refractivity contribution in [1.29, 1.82) is 0 Å². The Morgan fingerprint density at radius 3 is 2.85 bits per heavy atom. The first-order valence-corrected chi connectivity index (χ1v) is 4.40. The number of aromatic nitrogens is 3. The van der Waals surface area contributed by atoms with Crippen LogP contribution in [0.15, 0.2) is 0 Å². The van der Waals surface area contributed by atoms with E-state index in [0.29, 0.717) is 18.2 Å². The van der Waals surface area contributed by atoms with E-state index >= 15 is 0 Å². The topological polar surface area (TPSA) is 68.0 Å². The molecule has 5 nitrogen and oxygen atoms in total. The third-order valence-electron chi connectivity index (χ3n) is 2.23. The predicted octanol–water partition coefficient (Wildman–Crippen LogP) is 0.874. The highest BCUT2D eigenvalue weighted by Crippen LogP contribution is 2.40. The Morgan fingerprint density at radius 1 is 1.69 bits per heavy atom. The highest BCUT2D eigenvalue weighted by atomic mass is 16.4. The summed E-state index contributed by atoms with van der Waals surface area (Å²) < 4.78 is 1.44. The number of carbonyl (C=O) groups is 1. The molecule has 2 rings (SSSR count). The Kier molecular flexibility index (Phi) is 1.79. The summed E-state index contributed by atoms with van der Waals surface area (Å²) >= 11 is 0. The van der Waals surface area contributed by atoms with Crippen LogP contribution >= 0.6 is 0 Å². The Morgan fingerprint density at radius 2 is 2.38 bits per heavy atom. The lowest BCUT2D eigenvalue weighted by atomic mass is 10.2. The van der Waals surface area contributed by atoms with Gasteiger partial charge in [0.25, 0.3) is 0 Å². The van der Waals surface area contributed by atoms with Gasteiger partial charge in [-0.05, 0) is 19.8 Å². The van der Waals surface area contributed by atoms with Crippen molar-refractivity contribution >= 4 is 5.97 Å². The summed E-state index contributed by atoms with van der Waals surface area (Å²) in [5.74, 6) is -0.583. The van der Waals surface area contributed by atoms with Gasteiger partial charge in [-0.15, -0.1) is 5.10 Å². The Labute approximate surface area is 75.4 Å². The SMILES string of the molecule is CCn1nnc(C2CC2)c1C(=O)O. The van der Waals surface area contributed by atoms with Gasteiger partial charge in [0.15, 0.2) is 5.69 Å². The fraction of sp³-hybridized carbons (Fsp3) is 0.625. The number of hydrogen-bond donors (Lipinski definition) is 1. The molecule has 0 aromatic carbocycles. The summed E-state index contributed by atoms with van der Waals surface area (Å²) in [6.07, 6.45) is 2.09.